The number of nitrogens with zero attached hydrogens (tertiary/aromatic N) is 1. The Bertz CT molecular complexity index is 279. The fourth-order valence-corrected chi connectivity index (χ4v) is 3.73. The first-order valence-corrected chi connectivity index (χ1v) is 7.26. The Labute approximate surface area is 105 Å². The summed E-state index contributed by atoms with van der Waals surface area (Å²) in [5.74, 6) is 1.63. The summed E-state index contributed by atoms with van der Waals surface area (Å²) in [6.45, 7) is 10.3. The second-order valence-corrected chi connectivity index (χ2v) is 6.50. The average Bonchev–Trinajstić information content (AvgIpc) is 3.14. The number of hydrogen-bond acceptors (Lipinski definition) is 3. The predicted molar refractivity (Wildman–Crippen MR) is 69.1 cm³/mol. The van der Waals surface area contributed by atoms with E-state index in [1.54, 1.807) is 0 Å². The fourth-order valence-electron chi connectivity index (χ4n) is 3.73. The number of piperazine rings is 1. The molecule has 0 aromatic carbocycles. The van der Waals surface area contributed by atoms with Gasteiger partial charge in [0.15, 0.2) is 0 Å². The SMILES string of the molecule is CC1COCCC1N1CCNC(C)(C2CC2)C1. The Kier molecular flexibility index (Phi) is 3.18. The van der Waals surface area contributed by atoms with Crippen molar-refractivity contribution in [1.82, 2.24) is 10.2 Å². The van der Waals surface area contributed by atoms with Crippen LogP contribution in [0.25, 0.3) is 0 Å². The van der Waals surface area contributed by atoms with Crippen LogP contribution in [0.5, 0.6) is 0 Å². The molecular weight excluding hydrogens is 212 g/mol. The summed E-state index contributed by atoms with van der Waals surface area (Å²) in [5.41, 5.74) is 0.385. The summed E-state index contributed by atoms with van der Waals surface area (Å²) in [6, 6.07) is 0.754. The van der Waals surface area contributed by atoms with Crippen molar-refractivity contribution in [2.24, 2.45) is 11.8 Å². The van der Waals surface area contributed by atoms with Crippen LogP contribution in [0.15, 0.2) is 0 Å². The molecule has 0 spiro atoms. The van der Waals surface area contributed by atoms with Gasteiger partial charge in [0.05, 0.1) is 6.61 Å². The third kappa shape index (κ3) is 2.38. The summed E-state index contributed by atoms with van der Waals surface area (Å²) in [7, 11) is 0. The third-order valence-electron chi connectivity index (χ3n) is 5.00. The van der Waals surface area contributed by atoms with Gasteiger partial charge >= 0.3 is 0 Å². The maximum atomic E-state index is 5.57. The molecule has 0 bridgehead atoms. The molecule has 2 heterocycles. The minimum absolute atomic E-state index is 0.385. The second-order valence-electron chi connectivity index (χ2n) is 6.50. The van der Waals surface area contributed by atoms with Crippen molar-refractivity contribution in [3.05, 3.63) is 0 Å². The van der Waals surface area contributed by atoms with E-state index in [9.17, 15) is 0 Å². The van der Waals surface area contributed by atoms with E-state index < -0.39 is 0 Å². The smallest absolute Gasteiger partial charge is 0.0506 e. The molecule has 3 fully saturated rings. The normalized spacial score (nSPS) is 44.8. The van der Waals surface area contributed by atoms with Gasteiger partial charge in [0.2, 0.25) is 0 Å². The molecule has 0 aromatic heterocycles. The maximum Gasteiger partial charge on any atom is 0.0506 e. The van der Waals surface area contributed by atoms with Crippen LogP contribution in [0.2, 0.25) is 0 Å². The van der Waals surface area contributed by atoms with Crippen molar-refractivity contribution in [2.75, 3.05) is 32.8 Å². The molecule has 3 heteroatoms. The molecule has 98 valence electrons. The van der Waals surface area contributed by atoms with Crippen LogP contribution >= 0.6 is 0 Å². The van der Waals surface area contributed by atoms with Gasteiger partial charge in [-0.2, -0.15) is 0 Å². The summed E-state index contributed by atoms with van der Waals surface area (Å²) < 4.78 is 5.57. The molecule has 3 rings (SSSR count). The molecule has 3 unspecified atom stereocenters. The number of nitrogens with one attached hydrogen (secondary N) is 1. The van der Waals surface area contributed by atoms with Crippen LogP contribution in [0.1, 0.15) is 33.1 Å². The lowest BCUT2D eigenvalue weighted by atomic mass is 9.89. The first-order valence-electron chi connectivity index (χ1n) is 7.26. The highest BCUT2D eigenvalue weighted by molar-refractivity contribution is 5.03. The highest BCUT2D eigenvalue weighted by Crippen LogP contribution is 2.41. The Morgan fingerprint density at radius 3 is 2.82 bits per heavy atom. The molecule has 17 heavy (non-hydrogen) atoms. The topological polar surface area (TPSA) is 24.5 Å². The van der Waals surface area contributed by atoms with Crippen molar-refractivity contribution in [3.63, 3.8) is 0 Å². The molecule has 1 saturated carbocycles. The predicted octanol–water partition coefficient (Wildman–Crippen LogP) is 1.49. The van der Waals surface area contributed by atoms with E-state index >= 15 is 0 Å². The van der Waals surface area contributed by atoms with Crippen LogP contribution in [0.3, 0.4) is 0 Å². The largest absolute Gasteiger partial charge is 0.381 e. The molecule has 2 aliphatic heterocycles. The molecule has 1 N–H and O–H groups in total. The highest BCUT2D eigenvalue weighted by atomic mass is 16.5. The minimum atomic E-state index is 0.385. The number of ether oxygens (including phenoxy) is 1. The van der Waals surface area contributed by atoms with Crippen molar-refractivity contribution in [3.8, 4) is 0 Å². The van der Waals surface area contributed by atoms with Gasteiger partial charge in [-0.1, -0.05) is 6.92 Å². The zero-order chi connectivity index (χ0) is 11.9. The van der Waals surface area contributed by atoms with Gasteiger partial charge in [-0.15, -0.1) is 0 Å². The summed E-state index contributed by atoms with van der Waals surface area (Å²) in [5, 5.41) is 3.77. The van der Waals surface area contributed by atoms with Crippen molar-refractivity contribution in [1.29, 1.82) is 0 Å². The Balaban J connectivity index is 1.66. The quantitative estimate of drug-likeness (QED) is 0.789. The molecular formula is C14H26N2O. The van der Waals surface area contributed by atoms with Crippen molar-refractivity contribution in [2.45, 2.75) is 44.7 Å². The fraction of sp³-hybridized carbons (Fsp3) is 1.00. The Hall–Kier alpha value is -0.120. The molecule has 3 aliphatic rings. The summed E-state index contributed by atoms with van der Waals surface area (Å²) in [4.78, 5) is 2.74. The second kappa shape index (κ2) is 4.52. The maximum absolute atomic E-state index is 5.57. The van der Waals surface area contributed by atoms with Crippen molar-refractivity contribution < 1.29 is 4.74 Å². The van der Waals surface area contributed by atoms with E-state index in [0.29, 0.717) is 11.5 Å². The Morgan fingerprint density at radius 1 is 1.29 bits per heavy atom. The van der Waals surface area contributed by atoms with Gasteiger partial charge in [-0.25, -0.2) is 0 Å². The molecule has 3 atom stereocenters. The molecule has 2 saturated heterocycles. The van der Waals surface area contributed by atoms with Crippen LogP contribution in [-0.2, 0) is 4.74 Å². The standard InChI is InChI=1S/C14H26N2O/c1-11-9-17-8-5-13(11)16-7-6-15-14(2,10-16)12-3-4-12/h11-13,15H,3-10H2,1-2H3. The van der Waals surface area contributed by atoms with Gasteiger partial charge in [-0.05, 0) is 38.0 Å². The molecule has 1 aliphatic carbocycles. The van der Waals surface area contributed by atoms with Gasteiger partial charge in [-0.3, -0.25) is 4.90 Å². The lowest BCUT2D eigenvalue weighted by Crippen LogP contribution is -2.63. The van der Waals surface area contributed by atoms with E-state index in [0.717, 1.165) is 31.7 Å². The molecule has 0 radical (unpaired) electrons. The Morgan fingerprint density at radius 2 is 2.12 bits per heavy atom. The molecule has 0 aromatic rings. The lowest BCUT2D eigenvalue weighted by molar-refractivity contribution is -0.0253. The molecule has 0 amide bonds. The van der Waals surface area contributed by atoms with E-state index in [1.165, 1.54) is 32.4 Å². The third-order valence-corrected chi connectivity index (χ3v) is 5.00. The number of hydrogen-bond donors (Lipinski definition) is 1. The van der Waals surface area contributed by atoms with E-state index in [2.05, 4.69) is 24.1 Å². The van der Waals surface area contributed by atoms with E-state index in [1.807, 2.05) is 0 Å². The first kappa shape index (κ1) is 11.9. The van der Waals surface area contributed by atoms with Gasteiger partial charge in [0, 0.05) is 37.8 Å². The minimum Gasteiger partial charge on any atom is -0.381 e. The average molecular weight is 238 g/mol. The van der Waals surface area contributed by atoms with Gasteiger partial charge in [0.1, 0.15) is 0 Å². The van der Waals surface area contributed by atoms with Crippen LogP contribution in [0, 0.1) is 11.8 Å². The van der Waals surface area contributed by atoms with Gasteiger partial charge in [0.25, 0.3) is 0 Å². The van der Waals surface area contributed by atoms with Crippen LogP contribution in [0.4, 0.5) is 0 Å². The first-order chi connectivity index (χ1) is 8.19. The summed E-state index contributed by atoms with van der Waals surface area (Å²) in [6.07, 6.45) is 4.09. The zero-order valence-electron chi connectivity index (χ0n) is 11.2. The number of rotatable bonds is 2. The van der Waals surface area contributed by atoms with E-state index in [-0.39, 0.29) is 0 Å². The van der Waals surface area contributed by atoms with Crippen LogP contribution < -0.4 is 5.32 Å². The lowest BCUT2D eigenvalue weighted by Gasteiger charge is -2.47. The summed E-state index contributed by atoms with van der Waals surface area (Å²) >= 11 is 0. The van der Waals surface area contributed by atoms with E-state index in [4.69, 9.17) is 4.74 Å². The molecule has 3 nitrogen and oxygen atoms in total. The monoisotopic (exact) mass is 238 g/mol. The van der Waals surface area contributed by atoms with Gasteiger partial charge < -0.3 is 10.1 Å². The zero-order valence-corrected chi connectivity index (χ0v) is 11.2. The van der Waals surface area contributed by atoms with Crippen molar-refractivity contribution >= 4 is 0 Å². The highest BCUT2D eigenvalue weighted by Gasteiger charge is 2.45. The van der Waals surface area contributed by atoms with Crippen LogP contribution in [-0.4, -0.2) is 49.3 Å².